The van der Waals surface area contributed by atoms with Crippen molar-refractivity contribution < 1.29 is 13.2 Å². The van der Waals surface area contributed by atoms with E-state index in [1.54, 1.807) is 6.07 Å². The molecule has 3 aromatic rings. The summed E-state index contributed by atoms with van der Waals surface area (Å²) < 4.78 is 24.3. The lowest BCUT2D eigenvalue weighted by Crippen LogP contribution is -2.10. The van der Waals surface area contributed by atoms with Gasteiger partial charge in [-0.15, -0.1) is 11.3 Å². The van der Waals surface area contributed by atoms with Crippen molar-refractivity contribution in [3.8, 4) is 11.1 Å². The van der Waals surface area contributed by atoms with Gasteiger partial charge < -0.3 is 5.32 Å². The van der Waals surface area contributed by atoms with Gasteiger partial charge in [0.2, 0.25) is 0 Å². The number of amides is 1. The summed E-state index contributed by atoms with van der Waals surface area (Å²) in [4.78, 5) is 13.1. The second-order valence-electron chi connectivity index (χ2n) is 5.57. The molecule has 4 nitrogen and oxygen atoms in total. The second kappa shape index (κ2) is 7.52. The van der Waals surface area contributed by atoms with Gasteiger partial charge in [-0.1, -0.05) is 41.9 Å². The zero-order valence-electron chi connectivity index (χ0n) is 13.5. The summed E-state index contributed by atoms with van der Waals surface area (Å²) in [5, 5.41) is 2.94. The minimum absolute atomic E-state index is 0.0534. The average molecular weight is 471 g/mol. The van der Waals surface area contributed by atoms with Crippen LogP contribution in [0.2, 0.25) is 5.02 Å². The molecule has 0 aliphatic heterocycles. The van der Waals surface area contributed by atoms with E-state index in [2.05, 4.69) is 21.2 Å². The molecule has 0 aliphatic rings. The van der Waals surface area contributed by atoms with Gasteiger partial charge >= 0.3 is 0 Å². The molecule has 134 valence electrons. The molecule has 3 rings (SSSR count). The fraction of sp³-hybridized carbons (Fsp3) is 0.0556. The highest BCUT2D eigenvalue weighted by Gasteiger charge is 2.16. The average Bonchev–Trinajstić information content (AvgIpc) is 2.96. The van der Waals surface area contributed by atoms with Crippen LogP contribution in [0.1, 0.15) is 9.67 Å². The highest BCUT2D eigenvalue weighted by Crippen LogP contribution is 2.36. The number of carbonyl (C=O) groups excluding carboxylic acids is 1. The largest absolute Gasteiger partial charge is 0.321 e. The number of benzene rings is 2. The topological polar surface area (TPSA) is 63.2 Å². The number of sulfone groups is 1. The Morgan fingerprint density at radius 3 is 2.46 bits per heavy atom. The van der Waals surface area contributed by atoms with Crippen molar-refractivity contribution in [2.75, 3.05) is 11.6 Å². The number of halogens is 2. The molecule has 2 aromatic carbocycles. The smallest absolute Gasteiger partial charge is 0.265 e. The van der Waals surface area contributed by atoms with Crippen molar-refractivity contribution in [1.29, 1.82) is 0 Å². The third-order valence-corrected chi connectivity index (χ3v) is 6.70. The van der Waals surface area contributed by atoms with Gasteiger partial charge in [0.25, 0.3) is 5.91 Å². The molecule has 0 aliphatic carbocycles. The lowest BCUT2D eigenvalue weighted by atomic mass is 10.1. The number of carbonyl (C=O) groups is 1. The van der Waals surface area contributed by atoms with Crippen molar-refractivity contribution in [3.63, 3.8) is 0 Å². The number of hydrogen-bond donors (Lipinski definition) is 1. The zero-order valence-corrected chi connectivity index (χ0v) is 17.5. The summed E-state index contributed by atoms with van der Waals surface area (Å²) in [7, 11) is -3.43. The lowest BCUT2D eigenvalue weighted by Gasteiger charge is -2.07. The number of nitrogens with one attached hydrogen (secondary N) is 1. The SMILES string of the molecule is CS(=O)(=O)c1cc(Cl)cc(NC(=O)c2cc(-c3ccccc3)c(Br)s2)c1. The molecule has 1 heterocycles. The van der Waals surface area contributed by atoms with E-state index in [1.807, 2.05) is 30.3 Å². The standard InChI is InChI=1S/C18H13BrClNO3S2/c1-26(23,24)14-8-12(20)7-13(9-14)21-18(22)16-10-15(17(19)25-16)11-5-3-2-4-6-11/h2-10H,1H3,(H,21,22). The Morgan fingerprint density at radius 2 is 1.81 bits per heavy atom. The van der Waals surface area contributed by atoms with E-state index in [9.17, 15) is 13.2 Å². The molecular weight excluding hydrogens is 458 g/mol. The first-order valence-electron chi connectivity index (χ1n) is 7.41. The summed E-state index contributed by atoms with van der Waals surface area (Å²) in [5.41, 5.74) is 2.24. The Morgan fingerprint density at radius 1 is 1.12 bits per heavy atom. The number of hydrogen-bond acceptors (Lipinski definition) is 4. The van der Waals surface area contributed by atoms with E-state index >= 15 is 0 Å². The summed E-state index contributed by atoms with van der Waals surface area (Å²) in [6.07, 6.45) is 1.09. The maximum Gasteiger partial charge on any atom is 0.265 e. The Labute approximate surface area is 168 Å². The number of rotatable bonds is 4. The first-order chi connectivity index (χ1) is 12.2. The van der Waals surface area contributed by atoms with E-state index in [4.69, 9.17) is 11.6 Å². The molecule has 0 spiro atoms. The van der Waals surface area contributed by atoms with Gasteiger partial charge in [0.1, 0.15) is 0 Å². The predicted octanol–water partition coefficient (Wildman–Crippen LogP) is 5.49. The summed E-state index contributed by atoms with van der Waals surface area (Å²) in [6.45, 7) is 0. The molecule has 0 bridgehead atoms. The van der Waals surface area contributed by atoms with Crippen LogP contribution >= 0.6 is 38.9 Å². The molecule has 0 saturated heterocycles. The quantitative estimate of drug-likeness (QED) is 0.548. The number of thiophene rings is 1. The van der Waals surface area contributed by atoms with Crippen LogP contribution in [-0.4, -0.2) is 20.6 Å². The van der Waals surface area contributed by atoms with Gasteiger partial charge in [-0.2, -0.15) is 0 Å². The van der Waals surface area contributed by atoms with Crippen molar-refractivity contribution in [3.05, 3.63) is 68.3 Å². The third kappa shape index (κ3) is 4.35. The van der Waals surface area contributed by atoms with Gasteiger partial charge in [-0.3, -0.25) is 4.79 Å². The molecule has 8 heteroatoms. The Balaban J connectivity index is 1.89. The van der Waals surface area contributed by atoms with Crippen LogP contribution in [0.3, 0.4) is 0 Å². The van der Waals surface area contributed by atoms with Crippen LogP contribution in [0.4, 0.5) is 5.69 Å². The van der Waals surface area contributed by atoms with Gasteiger partial charge in [0, 0.05) is 22.5 Å². The molecule has 1 N–H and O–H groups in total. The predicted molar refractivity (Wildman–Crippen MR) is 110 cm³/mol. The summed E-state index contributed by atoms with van der Waals surface area (Å²) >= 11 is 10.8. The molecule has 0 unspecified atom stereocenters. The summed E-state index contributed by atoms with van der Waals surface area (Å²) in [6, 6.07) is 15.7. The molecule has 26 heavy (non-hydrogen) atoms. The molecular formula is C18H13BrClNO3S2. The van der Waals surface area contributed by atoms with E-state index in [1.165, 1.54) is 29.5 Å². The molecule has 0 radical (unpaired) electrons. The van der Waals surface area contributed by atoms with Crippen molar-refractivity contribution in [2.24, 2.45) is 0 Å². The highest BCUT2D eigenvalue weighted by molar-refractivity contribution is 9.11. The van der Waals surface area contributed by atoms with E-state index in [0.29, 0.717) is 10.6 Å². The van der Waals surface area contributed by atoms with Crippen LogP contribution < -0.4 is 5.32 Å². The van der Waals surface area contributed by atoms with Crippen LogP contribution in [0.15, 0.2) is 63.3 Å². The van der Waals surface area contributed by atoms with Crippen LogP contribution in [0.5, 0.6) is 0 Å². The molecule has 0 saturated carbocycles. The number of anilines is 1. The fourth-order valence-electron chi connectivity index (χ4n) is 2.34. The normalized spacial score (nSPS) is 11.3. The minimum Gasteiger partial charge on any atom is -0.321 e. The monoisotopic (exact) mass is 469 g/mol. The van der Waals surface area contributed by atoms with Crippen LogP contribution in [0.25, 0.3) is 11.1 Å². The fourth-order valence-corrected chi connectivity index (χ4v) is 4.99. The molecule has 1 amide bonds. The Bertz CT molecular complexity index is 1080. The van der Waals surface area contributed by atoms with Gasteiger partial charge in [-0.25, -0.2) is 8.42 Å². The minimum atomic E-state index is -3.43. The maximum absolute atomic E-state index is 12.6. The van der Waals surface area contributed by atoms with Crippen LogP contribution in [-0.2, 0) is 9.84 Å². The maximum atomic E-state index is 12.6. The van der Waals surface area contributed by atoms with E-state index in [-0.39, 0.29) is 15.8 Å². The molecule has 0 fully saturated rings. The van der Waals surface area contributed by atoms with Crippen molar-refractivity contribution >= 4 is 60.3 Å². The molecule has 1 aromatic heterocycles. The van der Waals surface area contributed by atoms with E-state index in [0.717, 1.165) is 21.2 Å². The van der Waals surface area contributed by atoms with Crippen LogP contribution in [0, 0.1) is 0 Å². The second-order valence-corrected chi connectivity index (χ2v) is 10.4. The van der Waals surface area contributed by atoms with Gasteiger partial charge in [0.05, 0.1) is 13.6 Å². The van der Waals surface area contributed by atoms with Gasteiger partial charge in [0.15, 0.2) is 9.84 Å². The van der Waals surface area contributed by atoms with Crippen molar-refractivity contribution in [2.45, 2.75) is 4.90 Å². The Kier molecular flexibility index (Phi) is 5.53. The Hall–Kier alpha value is -1.67. The van der Waals surface area contributed by atoms with Crippen molar-refractivity contribution in [1.82, 2.24) is 0 Å². The summed E-state index contributed by atoms with van der Waals surface area (Å²) in [5.74, 6) is -0.334. The molecule has 0 atom stereocenters. The lowest BCUT2D eigenvalue weighted by molar-refractivity contribution is 0.103. The zero-order chi connectivity index (χ0) is 18.9. The first-order valence-corrected chi connectivity index (χ1v) is 11.3. The highest BCUT2D eigenvalue weighted by atomic mass is 79.9. The van der Waals surface area contributed by atoms with Gasteiger partial charge in [-0.05, 0) is 45.8 Å². The van der Waals surface area contributed by atoms with E-state index < -0.39 is 9.84 Å². The first kappa shape index (κ1) is 19.1. The third-order valence-electron chi connectivity index (χ3n) is 3.55.